The molecular weight excluding hydrogens is 152 g/mol. The molecule has 0 aromatic heterocycles. The van der Waals surface area contributed by atoms with E-state index in [0.717, 1.165) is 0 Å². The maximum Gasteiger partial charge on any atom is 0.0310 e. The summed E-state index contributed by atoms with van der Waals surface area (Å²) < 4.78 is 0. The lowest BCUT2D eigenvalue weighted by atomic mass is 10.6. The highest BCUT2D eigenvalue weighted by Crippen LogP contribution is 2.27. The summed E-state index contributed by atoms with van der Waals surface area (Å²) in [5.74, 6) is 0. The van der Waals surface area contributed by atoms with Crippen molar-refractivity contribution in [2.24, 2.45) is 0 Å². The minimum absolute atomic E-state index is 0.0285. The Hall–Kier alpha value is 0.434. The first-order chi connectivity index (χ1) is 4.86. The second-order valence-electron chi connectivity index (χ2n) is 3.78. The first kappa shape index (κ1) is 8.53. The molecule has 10 heavy (non-hydrogen) atoms. The minimum atomic E-state index is -0.0285. The van der Waals surface area contributed by atoms with Crippen LogP contribution >= 0.6 is 0 Å². The van der Waals surface area contributed by atoms with Gasteiger partial charge in [0, 0.05) is 17.6 Å². The van der Waals surface area contributed by atoms with Gasteiger partial charge in [0.1, 0.15) is 0 Å². The van der Waals surface area contributed by atoms with E-state index in [-0.39, 0.29) is 17.6 Å². The van der Waals surface area contributed by atoms with Crippen LogP contribution in [-0.2, 0) is 0 Å². The highest BCUT2D eigenvalue weighted by molar-refractivity contribution is 6.95. The van der Waals surface area contributed by atoms with Gasteiger partial charge in [-0.25, -0.2) is 0 Å². The molecule has 0 aromatic carbocycles. The zero-order valence-electron chi connectivity index (χ0n) is 7.40. The number of hydrogen-bond acceptors (Lipinski definition) is 0. The molecule has 0 spiro atoms. The summed E-state index contributed by atoms with van der Waals surface area (Å²) in [7, 11) is -0.0570. The maximum absolute atomic E-state index is 2.35. The SMILES string of the molecule is CCC[SiH]1C[SiH](CCC)C1. The van der Waals surface area contributed by atoms with Crippen molar-refractivity contribution in [1.29, 1.82) is 0 Å². The van der Waals surface area contributed by atoms with Crippen LogP contribution in [0, 0.1) is 0 Å². The Bertz CT molecular complexity index is 77.3. The molecular formula is C8H20Si2. The summed E-state index contributed by atoms with van der Waals surface area (Å²) in [6.45, 7) is 4.70. The molecule has 0 N–H and O–H groups in total. The second kappa shape index (κ2) is 4.34. The van der Waals surface area contributed by atoms with Gasteiger partial charge >= 0.3 is 0 Å². The third-order valence-electron chi connectivity index (χ3n) is 2.73. The van der Waals surface area contributed by atoms with E-state index in [1.165, 1.54) is 12.8 Å². The van der Waals surface area contributed by atoms with Gasteiger partial charge in [-0.05, 0) is 0 Å². The standard InChI is InChI=1S/C8H20Si2/c1-3-5-9-7-10(8-9)6-4-2/h9-10H,3-8H2,1-2H3. The summed E-state index contributed by atoms with van der Waals surface area (Å²) in [6.07, 6.45) is 2.95. The summed E-state index contributed by atoms with van der Waals surface area (Å²) in [5.41, 5.74) is 3.64. The van der Waals surface area contributed by atoms with Gasteiger partial charge in [0.05, 0.1) is 0 Å². The molecule has 0 radical (unpaired) electrons. The predicted octanol–water partition coefficient (Wildman–Crippen LogP) is 2.35. The lowest BCUT2D eigenvalue weighted by molar-refractivity contribution is 1.02. The van der Waals surface area contributed by atoms with Crippen LogP contribution in [0.2, 0.25) is 23.4 Å². The van der Waals surface area contributed by atoms with E-state index < -0.39 is 0 Å². The van der Waals surface area contributed by atoms with Gasteiger partial charge in [0.25, 0.3) is 0 Å². The zero-order chi connectivity index (χ0) is 7.40. The van der Waals surface area contributed by atoms with Gasteiger partial charge in [-0.15, -0.1) is 0 Å². The van der Waals surface area contributed by atoms with Crippen LogP contribution in [-0.4, -0.2) is 17.6 Å². The van der Waals surface area contributed by atoms with Gasteiger partial charge < -0.3 is 0 Å². The summed E-state index contributed by atoms with van der Waals surface area (Å²) in [6, 6.07) is 3.32. The van der Waals surface area contributed by atoms with Crippen LogP contribution in [0.4, 0.5) is 0 Å². The third-order valence-corrected chi connectivity index (χ3v) is 16.2. The lowest BCUT2D eigenvalue weighted by Gasteiger charge is -2.32. The van der Waals surface area contributed by atoms with Crippen molar-refractivity contribution < 1.29 is 0 Å². The van der Waals surface area contributed by atoms with Crippen molar-refractivity contribution >= 4 is 17.6 Å². The number of hydrogen-bond donors (Lipinski definition) is 0. The predicted molar refractivity (Wildman–Crippen MR) is 54.1 cm³/mol. The topological polar surface area (TPSA) is 0 Å². The highest BCUT2D eigenvalue weighted by atomic mass is 28.4. The average Bonchev–Trinajstić information content (AvgIpc) is 1.84. The molecule has 0 nitrogen and oxygen atoms in total. The van der Waals surface area contributed by atoms with E-state index in [9.17, 15) is 0 Å². The van der Waals surface area contributed by atoms with Crippen molar-refractivity contribution in [1.82, 2.24) is 0 Å². The van der Waals surface area contributed by atoms with Crippen molar-refractivity contribution in [3.8, 4) is 0 Å². The van der Waals surface area contributed by atoms with E-state index in [0.29, 0.717) is 0 Å². The molecule has 0 aliphatic carbocycles. The van der Waals surface area contributed by atoms with E-state index in [4.69, 9.17) is 0 Å². The molecule has 1 heterocycles. The number of rotatable bonds is 4. The Balaban J connectivity index is 1.95. The van der Waals surface area contributed by atoms with Crippen LogP contribution in [0.3, 0.4) is 0 Å². The Kier molecular flexibility index (Phi) is 3.70. The second-order valence-corrected chi connectivity index (χ2v) is 12.2. The van der Waals surface area contributed by atoms with E-state index in [1.54, 1.807) is 12.1 Å². The summed E-state index contributed by atoms with van der Waals surface area (Å²) >= 11 is 0. The van der Waals surface area contributed by atoms with E-state index in [1.807, 2.05) is 11.3 Å². The fourth-order valence-electron chi connectivity index (χ4n) is 2.16. The van der Waals surface area contributed by atoms with Crippen LogP contribution in [0.1, 0.15) is 26.7 Å². The molecule has 2 heteroatoms. The molecule has 1 rings (SSSR count). The molecule has 0 amide bonds. The van der Waals surface area contributed by atoms with Crippen molar-refractivity contribution in [3.05, 3.63) is 0 Å². The van der Waals surface area contributed by atoms with Crippen LogP contribution in [0.25, 0.3) is 0 Å². The molecule has 60 valence electrons. The Labute approximate surface area is 68.2 Å². The fraction of sp³-hybridized carbons (Fsp3) is 1.00. The molecule has 0 bridgehead atoms. The normalized spacial score (nSPS) is 31.8. The Morgan fingerprint density at radius 1 is 0.900 bits per heavy atom. The van der Waals surface area contributed by atoms with Gasteiger partial charge in [0.2, 0.25) is 0 Å². The smallest absolute Gasteiger partial charge is 0.0310 e. The molecule has 0 unspecified atom stereocenters. The first-order valence-electron chi connectivity index (χ1n) is 4.86. The van der Waals surface area contributed by atoms with Crippen LogP contribution in [0.5, 0.6) is 0 Å². The van der Waals surface area contributed by atoms with Crippen molar-refractivity contribution in [3.63, 3.8) is 0 Å². The molecule has 0 aromatic rings. The van der Waals surface area contributed by atoms with Gasteiger partial charge in [-0.2, -0.15) is 0 Å². The Morgan fingerprint density at radius 2 is 1.30 bits per heavy atom. The molecule has 1 aliphatic heterocycles. The summed E-state index contributed by atoms with van der Waals surface area (Å²) in [4.78, 5) is 0. The quantitative estimate of drug-likeness (QED) is 0.571. The summed E-state index contributed by atoms with van der Waals surface area (Å²) in [5, 5.41) is 0. The largest absolute Gasteiger partial charge is 0.0669 e. The van der Waals surface area contributed by atoms with E-state index in [2.05, 4.69) is 13.8 Å². The highest BCUT2D eigenvalue weighted by Gasteiger charge is 2.29. The van der Waals surface area contributed by atoms with Gasteiger partial charge in [-0.3, -0.25) is 0 Å². The van der Waals surface area contributed by atoms with Crippen LogP contribution in [0.15, 0.2) is 0 Å². The molecule has 1 aliphatic rings. The van der Waals surface area contributed by atoms with E-state index >= 15 is 0 Å². The van der Waals surface area contributed by atoms with Gasteiger partial charge in [0.15, 0.2) is 0 Å². The maximum atomic E-state index is 2.35. The molecule has 1 saturated heterocycles. The fourth-order valence-corrected chi connectivity index (χ4v) is 14.6. The van der Waals surface area contributed by atoms with Crippen LogP contribution < -0.4 is 0 Å². The molecule has 0 atom stereocenters. The zero-order valence-corrected chi connectivity index (χ0v) is 9.71. The monoisotopic (exact) mass is 172 g/mol. The van der Waals surface area contributed by atoms with Crippen molar-refractivity contribution in [2.75, 3.05) is 0 Å². The average molecular weight is 172 g/mol. The van der Waals surface area contributed by atoms with Gasteiger partial charge in [-0.1, -0.05) is 50.1 Å². The lowest BCUT2D eigenvalue weighted by Crippen LogP contribution is -2.39. The minimum Gasteiger partial charge on any atom is -0.0669 e. The molecule has 1 fully saturated rings. The third kappa shape index (κ3) is 2.24. The van der Waals surface area contributed by atoms with Crippen molar-refractivity contribution in [2.45, 2.75) is 50.1 Å². The molecule has 0 saturated carbocycles. The Morgan fingerprint density at radius 3 is 1.60 bits per heavy atom. The first-order valence-corrected chi connectivity index (χ1v) is 9.76.